The molecule has 1 atom stereocenters. The van der Waals surface area contributed by atoms with E-state index in [1.807, 2.05) is 72.4 Å². The number of hydrogen-bond acceptors (Lipinski definition) is 4. The fourth-order valence-corrected chi connectivity index (χ4v) is 3.30. The minimum Gasteiger partial charge on any atom is -0.497 e. The van der Waals surface area contributed by atoms with Gasteiger partial charge in [0.25, 0.3) is 5.91 Å². The Labute approximate surface area is 155 Å². The third-order valence-corrected chi connectivity index (χ3v) is 4.78. The molecule has 2 aromatic carbocycles. The number of anilines is 2. The second kappa shape index (κ2) is 8.13. The van der Waals surface area contributed by atoms with Crippen LogP contribution in [0.15, 0.2) is 48.5 Å². The zero-order valence-corrected chi connectivity index (χ0v) is 15.7. The summed E-state index contributed by atoms with van der Waals surface area (Å²) in [5, 5.41) is 3.54. The molecule has 0 aromatic heterocycles. The number of nitrogens with one attached hydrogen (secondary N) is 1. The van der Waals surface area contributed by atoms with Crippen LogP contribution < -0.4 is 15.0 Å². The van der Waals surface area contributed by atoms with Crippen molar-refractivity contribution in [3.63, 3.8) is 0 Å². The van der Waals surface area contributed by atoms with E-state index in [0.29, 0.717) is 0 Å². The summed E-state index contributed by atoms with van der Waals surface area (Å²) in [6.45, 7) is 1.53. The Morgan fingerprint density at radius 3 is 2.65 bits per heavy atom. The second-order valence-electron chi connectivity index (χ2n) is 6.91. The van der Waals surface area contributed by atoms with Crippen LogP contribution in [0.1, 0.15) is 23.2 Å². The lowest BCUT2D eigenvalue weighted by molar-refractivity contribution is 0.0715. The largest absolute Gasteiger partial charge is 0.497 e. The van der Waals surface area contributed by atoms with E-state index in [1.165, 1.54) is 0 Å². The van der Waals surface area contributed by atoms with E-state index in [-0.39, 0.29) is 11.9 Å². The molecule has 0 aliphatic carbocycles. The summed E-state index contributed by atoms with van der Waals surface area (Å²) in [4.78, 5) is 16.9. The van der Waals surface area contributed by atoms with Gasteiger partial charge in [0, 0.05) is 50.2 Å². The summed E-state index contributed by atoms with van der Waals surface area (Å²) in [7, 11) is 5.64. The number of methoxy groups -OCH3 is 1. The van der Waals surface area contributed by atoms with Crippen molar-refractivity contribution in [3.05, 3.63) is 54.1 Å². The number of likely N-dealkylation sites (tertiary alicyclic amines) is 1. The molecular weight excluding hydrogens is 326 g/mol. The van der Waals surface area contributed by atoms with Crippen molar-refractivity contribution in [1.29, 1.82) is 0 Å². The van der Waals surface area contributed by atoms with E-state index in [4.69, 9.17) is 4.74 Å². The van der Waals surface area contributed by atoms with Crippen molar-refractivity contribution >= 4 is 17.3 Å². The van der Waals surface area contributed by atoms with E-state index < -0.39 is 0 Å². The summed E-state index contributed by atoms with van der Waals surface area (Å²) in [6.07, 6.45) is 2.07. The number of hydrogen-bond donors (Lipinski definition) is 1. The summed E-state index contributed by atoms with van der Waals surface area (Å²) in [5.74, 6) is 0.951. The van der Waals surface area contributed by atoms with Crippen LogP contribution in [0.2, 0.25) is 0 Å². The molecule has 1 aliphatic rings. The van der Waals surface area contributed by atoms with Crippen LogP contribution in [0.5, 0.6) is 5.75 Å². The summed E-state index contributed by atoms with van der Waals surface area (Å²) in [5.41, 5.74) is 2.85. The molecule has 1 aliphatic heterocycles. The van der Waals surface area contributed by atoms with Gasteiger partial charge in [0.15, 0.2) is 0 Å². The van der Waals surface area contributed by atoms with Crippen molar-refractivity contribution in [2.75, 3.05) is 44.5 Å². The van der Waals surface area contributed by atoms with Gasteiger partial charge in [0.1, 0.15) is 5.75 Å². The molecule has 2 aromatic rings. The number of ether oxygens (including phenoxy) is 1. The first-order chi connectivity index (χ1) is 12.6. The Morgan fingerprint density at radius 2 is 1.96 bits per heavy atom. The van der Waals surface area contributed by atoms with Gasteiger partial charge in [0.05, 0.1) is 7.11 Å². The molecule has 1 heterocycles. The molecule has 0 unspecified atom stereocenters. The van der Waals surface area contributed by atoms with Crippen molar-refractivity contribution < 1.29 is 9.53 Å². The lowest BCUT2D eigenvalue weighted by Gasteiger charge is -2.34. The first kappa shape index (κ1) is 18.1. The summed E-state index contributed by atoms with van der Waals surface area (Å²) >= 11 is 0. The van der Waals surface area contributed by atoms with E-state index in [1.54, 1.807) is 7.11 Å². The second-order valence-corrected chi connectivity index (χ2v) is 6.91. The average Bonchev–Trinajstić information content (AvgIpc) is 2.68. The minimum atomic E-state index is 0.106. The zero-order valence-electron chi connectivity index (χ0n) is 15.7. The molecule has 1 fully saturated rings. The normalized spacial score (nSPS) is 16.9. The Kier molecular flexibility index (Phi) is 5.66. The van der Waals surface area contributed by atoms with Gasteiger partial charge < -0.3 is 19.9 Å². The molecule has 5 heteroatoms. The Balaban J connectivity index is 1.65. The number of carbonyl (C=O) groups is 1. The fourth-order valence-electron chi connectivity index (χ4n) is 3.30. The van der Waals surface area contributed by atoms with Gasteiger partial charge in [0.2, 0.25) is 0 Å². The highest BCUT2D eigenvalue weighted by atomic mass is 16.5. The molecule has 1 saturated heterocycles. The third kappa shape index (κ3) is 4.28. The average molecular weight is 353 g/mol. The quantitative estimate of drug-likeness (QED) is 0.894. The molecule has 0 spiro atoms. The van der Waals surface area contributed by atoms with Gasteiger partial charge in [-0.2, -0.15) is 0 Å². The number of rotatable bonds is 5. The molecule has 1 amide bonds. The minimum absolute atomic E-state index is 0.106. The van der Waals surface area contributed by atoms with E-state index in [2.05, 4.69) is 5.32 Å². The predicted molar refractivity (Wildman–Crippen MR) is 106 cm³/mol. The van der Waals surface area contributed by atoms with Gasteiger partial charge in [-0.25, -0.2) is 0 Å². The zero-order chi connectivity index (χ0) is 18.5. The molecule has 0 saturated carbocycles. The lowest BCUT2D eigenvalue weighted by atomic mass is 10.0. The summed E-state index contributed by atoms with van der Waals surface area (Å²) in [6, 6.07) is 16.0. The van der Waals surface area contributed by atoms with Crippen LogP contribution >= 0.6 is 0 Å². The van der Waals surface area contributed by atoms with E-state index >= 15 is 0 Å². The van der Waals surface area contributed by atoms with Crippen molar-refractivity contribution in [1.82, 2.24) is 4.90 Å². The molecule has 0 radical (unpaired) electrons. The molecule has 3 rings (SSSR count). The predicted octanol–water partition coefficient (Wildman–Crippen LogP) is 3.48. The Morgan fingerprint density at radius 1 is 1.19 bits per heavy atom. The van der Waals surface area contributed by atoms with Crippen molar-refractivity contribution in [2.45, 2.75) is 18.9 Å². The maximum absolute atomic E-state index is 12.9. The van der Waals surface area contributed by atoms with Gasteiger partial charge in [-0.1, -0.05) is 6.07 Å². The molecule has 138 valence electrons. The van der Waals surface area contributed by atoms with Crippen LogP contribution in [0, 0.1) is 0 Å². The molecular formula is C21H27N3O2. The Hall–Kier alpha value is -2.69. The maximum atomic E-state index is 12.9. The van der Waals surface area contributed by atoms with Crippen molar-refractivity contribution in [3.8, 4) is 5.75 Å². The summed E-state index contributed by atoms with van der Waals surface area (Å²) < 4.78 is 5.20. The van der Waals surface area contributed by atoms with Gasteiger partial charge in [-0.3, -0.25) is 4.79 Å². The van der Waals surface area contributed by atoms with Gasteiger partial charge >= 0.3 is 0 Å². The van der Waals surface area contributed by atoms with E-state index in [9.17, 15) is 4.79 Å². The number of carbonyl (C=O) groups excluding carboxylic acids is 1. The maximum Gasteiger partial charge on any atom is 0.253 e. The van der Waals surface area contributed by atoms with Gasteiger partial charge in [-0.15, -0.1) is 0 Å². The topological polar surface area (TPSA) is 44.8 Å². The highest BCUT2D eigenvalue weighted by Gasteiger charge is 2.24. The number of amides is 1. The lowest BCUT2D eigenvalue weighted by Crippen LogP contribution is -2.45. The monoisotopic (exact) mass is 353 g/mol. The number of benzene rings is 2. The smallest absolute Gasteiger partial charge is 0.253 e. The highest BCUT2D eigenvalue weighted by Crippen LogP contribution is 2.21. The fraction of sp³-hybridized carbons (Fsp3) is 0.381. The molecule has 5 nitrogen and oxygen atoms in total. The highest BCUT2D eigenvalue weighted by molar-refractivity contribution is 5.95. The van der Waals surface area contributed by atoms with Crippen LogP contribution in [0.4, 0.5) is 11.4 Å². The SMILES string of the molecule is COc1ccc(N[C@H]2CCCN(C(=O)c3cccc(N(C)C)c3)C2)cc1. The third-order valence-electron chi connectivity index (χ3n) is 4.78. The molecule has 1 N–H and O–H groups in total. The van der Waals surface area contributed by atoms with Crippen LogP contribution in [0.3, 0.4) is 0 Å². The van der Waals surface area contributed by atoms with Crippen LogP contribution in [-0.4, -0.2) is 51.1 Å². The van der Waals surface area contributed by atoms with Crippen LogP contribution in [0.25, 0.3) is 0 Å². The van der Waals surface area contributed by atoms with E-state index in [0.717, 1.165) is 48.6 Å². The first-order valence-corrected chi connectivity index (χ1v) is 9.04. The standard InChI is InChI=1S/C21H27N3O2/c1-23(2)19-8-4-6-16(14-19)21(25)24-13-5-7-18(15-24)22-17-9-11-20(26-3)12-10-17/h4,6,8-12,14,18,22H,5,7,13,15H2,1-3H3/t18-/m0/s1. The van der Waals surface area contributed by atoms with Crippen LogP contribution in [-0.2, 0) is 0 Å². The number of nitrogens with zero attached hydrogens (tertiary/aromatic N) is 2. The van der Waals surface area contributed by atoms with Crippen molar-refractivity contribution in [2.24, 2.45) is 0 Å². The van der Waals surface area contributed by atoms with Gasteiger partial charge in [-0.05, 0) is 55.3 Å². The first-order valence-electron chi connectivity index (χ1n) is 9.04. The number of piperidine rings is 1. The Bertz CT molecular complexity index is 743. The molecule has 0 bridgehead atoms. The molecule has 26 heavy (non-hydrogen) atoms.